The summed E-state index contributed by atoms with van der Waals surface area (Å²) in [6.07, 6.45) is 1.47. The lowest BCUT2D eigenvalue weighted by Gasteiger charge is -2.34. The zero-order valence-corrected chi connectivity index (χ0v) is 20.1. The molecule has 2 heterocycles. The Morgan fingerprint density at radius 2 is 1.84 bits per heavy atom. The fourth-order valence-electron chi connectivity index (χ4n) is 4.71. The van der Waals surface area contributed by atoms with E-state index in [0.29, 0.717) is 22.5 Å². The van der Waals surface area contributed by atoms with Crippen molar-refractivity contribution < 1.29 is 9.53 Å². The number of carbonyl (C=O) groups is 1. The number of amides is 1. The number of benzene rings is 2. The van der Waals surface area contributed by atoms with Gasteiger partial charge in [0.15, 0.2) is 0 Å². The third-order valence-corrected chi connectivity index (χ3v) is 7.36. The molecule has 2 unspecified atom stereocenters. The second-order valence-corrected chi connectivity index (χ2v) is 9.52. The smallest absolute Gasteiger partial charge is 0.227 e. The Hall–Kier alpha value is -1.63. The number of halogens is 2. The summed E-state index contributed by atoms with van der Waals surface area (Å²) in [5.74, 6) is 0.0705. The number of nitrogens with zero attached hydrogens (tertiary/aromatic N) is 3. The van der Waals surface area contributed by atoms with Gasteiger partial charge in [0, 0.05) is 39.3 Å². The minimum atomic E-state index is -0.00471. The van der Waals surface area contributed by atoms with E-state index >= 15 is 0 Å². The highest BCUT2D eigenvalue weighted by Gasteiger charge is 2.32. The van der Waals surface area contributed by atoms with Gasteiger partial charge in [-0.3, -0.25) is 14.6 Å². The summed E-state index contributed by atoms with van der Waals surface area (Å²) in [7, 11) is 1.91. The molecular weight excluding hydrogens is 445 g/mol. The van der Waals surface area contributed by atoms with Crippen LogP contribution >= 0.6 is 23.2 Å². The topological polar surface area (TPSA) is 36.0 Å². The average molecular weight is 476 g/mol. The first-order chi connectivity index (χ1) is 15.5. The van der Waals surface area contributed by atoms with Crippen LogP contribution in [0.3, 0.4) is 0 Å². The average Bonchev–Trinajstić information content (AvgIpc) is 3.29. The van der Waals surface area contributed by atoms with Crippen LogP contribution in [0, 0.1) is 0 Å². The number of likely N-dealkylation sites (N-methyl/N-ethyl adjacent to an activating group) is 1. The van der Waals surface area contributed by atoms with Crippen LogP contribution in [0.2, 0.25) is 10.0 Å². The lowest BCUT2D eigenvalue weighted by molar-refractivity contribution is -0.131. The highest BCUT2D eigenvalue weighted by Crippen LogP contribution is 2.27. The normalized spacial score (nSPS) is 20.9. The van der Waals surface area contributed by atoms with Crippen molar-refractivity contribution in [2.45, 2.75) is 24.9 Å². The van der Waals surface area contributed by atoms with Crippen molar-refractivity contribution in [1.29, 1.82) is 0 Å². The Bertz CT molecular complexity index is 905. The fourth-order valence-corrected chi connectivity index (χ4v) is 5.03. The van der Waals surface area contributed by atoms with Crippen molar-refractivity contribution in [2.75, 3.05) is 53.0 Å². The second-order valence-electron chi connectivity index (χ2n) is 8.71. The molecule has 2 aliphatic rings. The standard InChI is InChI=1S/C25H31Cl2N3O2/c1-28(25(31)16-19-7-8-22(26)23(27)15-19)24(20-5-3-2-4-6-20)18-29-10-9-21(17-29)30-11-13-32-14-12-30/h2-8,15,21,24H,9-14,16-18H2,1H3. The minimum absolute atomic E-state index is 0.00471. The lowest BCUT2D eigenvalue weighted by Crippen LogP contribution is -2.45. The van der Waals surface area contributed by atoms with Crippen LogP contribution < -0.4 is 0 Å². The van der Waals surface area contributed by atoms with E-state index in [0.717, 1.165) is 57.1 Å². The van der Waals surface area contributed by atoms with Crippen molar-refractivity contribution in [3.05, 3.63) is 69.7 Å². The predicted molar refractivity (Wildman–Crippen MR) is 129 cm³/mol. The van der Waals surface area contributed by atoms with Gasteiger partial charge in [-0.05, 0) is 36.2 Å². The fraction of sp³-hybridized carbons (Fsp3) is 0.480. The molecule has 172 valence electrons. The number of ether oxygens (including phenoxy) is 1. The molecule has 2 atom stereocenters. The lowest BCUT2D eigenvalue weighted by atomic mass is 10.0. The van der Waals surface area contributed by atoms with E-state index in [1.54, 1.807) is 12.1 Å². The van der Waals surface area contributed by atoms with Gasteiger partial charge in [0.25, 0.3) is 0 Å². The van der Waals surface area contributed by atoms with Crippen LogP contribution in [0.25, 0.3) is 0 Å². The Balaban J connectivity index is 1.44. The van der Waals surface area contributed by atoms with E-state index < -0.39 is 0 Å². The zero-order valence-electron chi connectivity index (χ0n) is 18.6. The van der Waals surface area contributed by atoms with E-state index in [9.17, 15) is 4.79 Å². The third-order valence-electron chi connectivity index (χ3n) is 6.63. The zero-order chi connectivity index (χ0) is 22.5. The molecule has 2 saturated heterocycles. The molecule has 0 aliphatic carbocycles. The van der Waals surface area contributed by atoms with Crippen LogP contribution in [0.4, 0.5) is 0 Å². The molecule has 2 fully saturated rings. The van der Waals surface area contributed by atoms with E-state index in [-0.39, 0.29) is 11.9 Å². The third kappa shape index (κ3) is 5.83. The van der Waals surface area contributed by atoms with Gasteiger partial charge in [0.1, 0.15) is 0 Å². The van der Waals surface area contributed by atoms with E-state index in [4.69, 9.17) is 27.9 Å². The van der Waals surface area contributed by atoms with Gasteiger partial charge in [-0.25, -0.2) is 0 Å². The molecule has 5 nitrogen and oxygen atoms in total. The van der Waals surface area contributed by atoms with Gasteiger partial charge in [0.05, 0.1) is 35.7 Å². The van der Waals surface area contributed by atoms with E-state index in [1.807, 2.05) is 36.2 Å². The van der Waals surface area contributed by atoms with Gasteiger partial charge in [0.2, 0.25) is 5.91 Å². The van der Waals surface area contributed by atoms with Crippen molar-refractivity contribution in [1.82, 2.24) is 14.7 Å². The molecule has 2 aromatic carbocycles. The molecule has 0 spiro atoms. The molecule has 32 heavy (non-hydrogen) atoms. The molecule has 2 aliphatic heterocycles. The van der Waals surface area contributed by atoms with Crippen molar-refractivity contribution in [3.63, 3.8) is 0 Å². The largest absolute Gasteiger partial charge is 0.379 e. The molecule has 4 rings (SSSR count). The molecular formula is C25H31Cl2N3O2. The summed E-state index contributed by atoms with van der Waals surface area (Å²) in [5.41, 5.74) is 2.03. The first-order valence-electron chi connectivity index (χ1n) is 11.3. The number of hydrogen-bond acceptors (Lipinski definition) is 4. The SMILES string of the molecule is CN(C(=O)Cc1ccc(Cl)c(Cl)c1)C(CN1CCC(N2CCOCC2)C1)c1ccccc1. The number of hydrogen-bond donors (Lipinski definition) is 0. The summed E-state index contributed by atoms with van der Waals surface area (Å²) in [6.45, 7) is 6.61. The maximum atomic E-state index is 13.2. The van der Waals surface area contributed by atoms with Crippen LogP contribution in [-0.2, 0) is 16.0 Å². The number of likely N-dealkylation sites (tertiary alicyclic amines) is 1. The van der Waals surface area contributed by atoms with Gasteiger partial charge in [-0.2, -0.15) is 0 Å². The summed E-state index contributed by atoms with van der Waals surface area (Å²) >= 11 is 12.2. The quantitative estimate of drug-likeness (QED) is 0.602. The molecule has 0 aromatic heterocycles. The maximum absolute atomic E-state index is 13.2. The van der Waals surface area contributed by atoms with Crippen molar-refractivity contribution >= 4 is 29.1 Å². The summed E-state index contributed by atoms with van der Waals surface area (Å²) < 4.78 is 5.51. The number of morpholine rings is 1. The van der Waals surface area contributed by atoms with Crippen LogP contribution in [-0.4, -0.2) is 79.6 Å². The van der Waals surface area contributed by atoms with Crippen LogP contribution in [0.5, 0.6) is 0 Å². The second kappa shape index (κ2) is 11.0. The molecule has 0 N–H and O–H groups in total. The Labute approximate surface area is 200 Å². The predicted octanol–water partition coefficient (Wildman–Crippen LogP) is 4.14. The Morgan fingerprint density at radius 1 is 1.09 bits per heavy atom. The monoisotopic (exact) mass is 475 g/mol. The first-order valence-corrected chi connectivity index (χ1v) is 12.1. The van der Waals surface area contributed by atoms with Crippen molar-refractivity contribution in [2.24, 2.45) is 0 Å². The van der Waals surface area contributed by atoms with Gasteiger partial charge in [-0.15, -0.1) is 0 Å². The molecule has 0 radical (unpaired) electrons. The Kier molecular flexibility index (Phi) is 8.08. The Morgan fingerprint density at radius 3 is 2.56 bits per heavy atom. The summed E-state index contributed by atoms with van der Waals surface area (Å²) in [4.78, 5) is 20.2. The molecule has 7 heteroatoms. The molecule has 2 aromatic rings. The highest BCUT2D eigenvalue weighted by atomic mass is 35.5. The minimum Gasteiger partial charge on any atom is -0.379 e. The van der Waals surface area contributed by atoms with Gasteiger partial charge >= 0.3 is 0 Å². The van der Waals surface area contributed by atoms with Crippen molar-refractivity contribution in [3.8, 4) is 0 Å². The number of rotatable bonds is 7. The van der Waals surface area contributed by atoms with E-state index in [1.165, 1.54) is 6.42 Å². The number of carbonyl (C=O) groups excluding carboxylic acids is 1. The summed E-state index contributed by atoms with van der Waals surface area (Å²) in [5, 5.41) is 0.979. The first kappa shape index (κ1) is 23.5. The van der Waals surface area contributed by atoms with E-state index in [2.05, 4.69) is 21.9 Å². The van der Waals surface area contributed by atoms with Gasteiger partial charge < -0.3 is 9.64 Å². The van der Waals surface area contributed by atoms with Crippen LogP contribution in [0.1, 0.15) is 23.6 Å². The maximum Gasteiger partial charge on any atom is 0.227 e. The summed E-state index contributed by atoms with van der Waals surface area (Å²) in [6, 6.07) is 16.3. The molecule has 1 amide bonds. The molecule has 0 saturated carbocycles. The van der Waals surface area contributed by atoms with Crippen LogP contribution in [0.15, 0.2) is 48.5 Å². The molecule has 0 bridgehead atoms. The van der Waals surface area contributed by atoms with Gasteiger partial charge in [-0.1, -0.05) is 59.6 Å². The highest BCUT2D eigenvalue weighted by molar-refractivity contribution is 6.42.